The molecule has 0 unspecified atom stereocenters. The molecule has 1 aliphatic rings. The van der Waals surface area contributed by atoms with Gasteiger partial charge in [0, 0.05) is 0 Å². The number of aliphatic hydroxyl groups excluding tert-OH is 1. The first-order valence-corrected chi connectivity index (χ1v) is 7.03. The van der Waals surface area contributed by atoms with Crippen LogP contribution in [0.3, 0.4) is 0 Å². The zero-order chi connectivity index (χ0) is 12.9. The second kappa shape index (κ2) is 6.00. The average molecular weight is 260 g/mol. The summed E-state index contributed by atoms with van der Waals surface area (Å²) in [6.07, 6.45) is 2.65. The van der Waals surface area contributed by atoms with Crippen molar-refractivity contribution in [2.24, 2.45) is 0 Å². The third-order valence-corrected chi connectivity index (χ3v) is 2.21. The van der Waals surface area contributed by atoms with E-state index in [0.717, 1.165) is 18.6 Å². The maximum Gasteiger partial charge on any atom is 0.261 e. The zero-order valence-corrected chi connectivity index (χ0v) is 10.4. The van der Waals surface area contributed by atoms with Gasteiger partial charge < -0.3 is 9.84 Å². The van der Waals surface area contributed by atoms with Gasteiger partial charge in [0.2, 0.25) is 0 Å². The molecule has 0 radical (unpaired) electrons. The lowest BCUT2D eigenvalue weighted by Crippen LogP contribution is -2.25. The van der Waals surface area contributed by atoms with E-state index in [2.05, 4.69) is 6.07 Å². The smallest absolute Gasteiger partial charge is 0.261 e. The minimum atomic E-state index is -3.67. The number of para-hydroxylation sites is 1. The molecule has 5 nitrogen and oxygen atoms in total. The van der Waals surface area contributed by atoms with E-state index in [0.29, 0.717) is 6.26 Å². The Hall–Kier alpha value is -1.11. The van der Waals surface area contributed by atoms with Crippen molar-refractivity contribution in [3.05, 3.63) is 29.8 Å². The second-order valence-corrected chi connectivity index (χ2v) is 5.27. The molecule has 1 aliphatic heterocycles. The fourth-order valence-electron chi connectivity index (χ4n) is 1.51. The monoisotopic (exact) mass is 260 g/mol. The van der Waals surface area contributed by atoms with Crippen molar-refractivity contribution in [3.63, 3.8) is 0 Å². The van der Waals surface area contributed by atoms with Crippen LogP contribution in [0.15, 0.2) is 24.3 Å². The number of aryl methyl sites for hydroxylation is 1. The summed E-state index contributed by atoms with van der Waals surface area (Å²) in [6.45, 7) is 0.119. The summed E-state index contributed by atoms with van der Waals surface area (Å²) in [6, 6.07) is 8.00. The molecular formula is C11H16O5S. The Bertz CT molecular complexity index is 447. The summed E-state index contributed by atoms with van der Waals surface area (Å²) in [5, 5.41) is 8.89. The van der Waals surface area contributed by atoms with E-state index < -0.39 is 10.1 Å². The Kier molecular flexibility index (Phi) is 4.92. The molecule has 0 amide bonds. The molecule has 1 aromatic carbocycles. The van der Waals surface area contributed by atoms with Gasteiger partial charge in [0.1, 0.15) is 11.9 Å². The van der Waals surface area contributed by atoms with E-state index in [9.17, 15) is 8.42 Å². The molecule has 0 aliphatic carbocycles. The number of hydrogen-bond donors (Lipinski definition) is 2. The molecule has 0 fully saturated rings. The number of rotatable bonds is 1. The standard InChI is InChI=1S/C10H12O2.CH4O3S/c11-7-9-6-5-8-3-1-2-4-10(8)12-9;1-5(2,3)4/h1-4,9,11H,5-7H2;1H3,(H,2,3,4)/t9-;/m1./s1. The van der Waals surface area contributed by atoms with Gasteiger partial charge in [-0.3, -0.25) is 4.55 Å². The van der Waals surface area contributed by atoms with Crippen molar-refractivity contribution < 1.29 is 22.8 Å². The fraction of sp³-hybridized carbons (Fsp3) is 0.455. The molecule has 6 heteroatoms. The van der Waals surface area contributed by atoms with Gasteiger partial charge in [-0.2, -0.15) is 8.42 Å². The van der Waals surface area contributed by atoms with E-state index in [1.165, 1.54) is 5.56 Å². The summed E-state index contributed by atoms with van der Waals surface area (Å²) in [5.41, 5.74) is 1.25. The molecule has 1 heterocycles. The van der Waals surface area contributed by atoms with Crippen LogP contribution < -0.4 is 4.74 Å². The largest absolute Gasteiger partial charge is 0.488 e. The lowest BCUT2D eigenvalue weighted by atomic mass is 10.0. The van der Waals surface area contributed by atoms with Crippen molar-refractivity contribution in [2.75, 3.05) is 12.9 Å². The molecule has 0 aromatic heterocycles. The van der Waals surface area contributed by atoms with E-state index in [1.54, 1.807) is 0 Å². The lowest BCUT2D eigenvalue weighted by Gasteiger charge is -2.24. The summed E-state index contributed by atoms with van der Waals surface area (Å²) in [5.74, 6) is 0.933. The Morgan fingerprint density at radius 2 is 2.00 bits per heavy atom. The summed E-state index contributed by atoms with van der Waals surface area (Å²) in [7, 11) is -3.67. The third-order valence-electron chi connectivity index (χ3n) is 2.21. The highest BCUT2D eigenvalue weighted by Crippen LogP contribution is 2.26. The van der Waals surface area contributed by atoms with Gasteiger partial charge in [0.05, 0.1) is 12.9 Å². The van der Waals surface area contributed by atoms with Crippen LogP contribution in [-0.2, 0) is 16.5 Å². The fourth-order valence-corrected chi connectivity index (χ4v) is 1.51. The summed E-state index contributed by atoms with van der Waals surface area (Å²) < 4.78 is 31.4. The lowest BCUT2D eigenvalue weighted by molar-refractivity contribution is 0.0978. The number of aliphatic hydroxyl groups is 1. The van der Waals surface area contributed by atoms with Crippen molar-refractivity contribution in [1.82, 2.24) is 0 Å². The summed E-state index contributed by atoms with van der Waals surface area (Å²) >= 11 is 0. The molecular weight excluding hydrogens is 244 g/mol. The second-order valence-electron chi connectivity index (χ2n) is 3.80. The molecule has 0 saturated heterocycles. The highest BCUT2D eigenvalue weighted by atomic mass is 32.2. The van der Waals surface area contributed by atoms with E-state index in [1.807, 2.05) is 18.2 Å². The van der Waals surface area contributed by atoms with Crippen LogP contribution in [-0.4, -0.2) is 37.0 Å². The van der Waals surface area contributed by atoms with Gasteiger partial charge in [-0.25, -0.2) is 0 Å². The van der Waals surface area contributed by atoms with Gasteiger partial charge in [-0.1, -0.05) is 18.2 Å². The van der Waals surface area contributed by atoms with Crippen molar-refractivity contribution >= 4 is 10.1 Å². The number of benzene rings is 1. The molecule has 96 valence electrons. The van der Waals surface area contributed by atoms with Gasteiger partial charge in [-0.15, -0.1) is 0 Å². The Morgan fingerprint density at radius 1 is 1.41 bits per heavy atom. The third kappa shape index (κ3) is 5.67. The molecule has 17 heavy (non-hydrogen) atoms. The molecule has 0 saturated carbocycles. The molecule has 0 spiro atoms. The number of ether oxygens (including phenoxy) is 1. The Morgan fingerprint density at radius 3 is 2.59 bits per heavy atom. The van der Waals surface area contributed by atoms with Crippen LogP contribution in [0.25, 0.3) is 0 Å². The minimum Gasteiger partial charge on any atom is -0.488 e. The minimum absolute atomic E-state index is 0.0000926. The topological polar surface area (TPSA) is 83.8 Å². The normalized spacial score (nSPS) is 18.4. The van der Waals surface area contributed by atoms with Crippen LogP contribution in [0.2, 0.25) is 0 Å². The van der Waals surface area contributed by atoms with Crippen LogP contribution in [0.4, 0.5) is 0 Å². The van der Waals surface area contributed by atoms with E-state index in [-0.39, 0.29) is 12.7 Å². The highest BCUT2D eigenvalue weighted by molar-refractivity contribution is 7.85. The van der Waals surface area contributed by atoms with Crippen LogP contribution in [0.1, 0.15) is 12.0 Å². The SMILES string of the molecule is CS(=O)(=O)O.OC[C@H]1CCc2ccccc2O1. The highest BCUT2D eigenvalue weighted by Gasteiger charge is 2.17. The number of fused-ring (bicyclic) bond motifs is 1. The van der Waals surface area contributed by atoms with Gasteiger partial charge in [-0.05, 0) is 24.5 Å². The summed E-state index contributed by atoms with van der Waals surface area (Å²) in [4.78, 5) is 0. The predicted molar refractivity (Wildman–Crippen MR) is 63.7 cm³/mol. The molecule has 1 atom stereocenters. The molecule has 2 rings (SSSR count). The van der Waals surface area contributed by atoms with Crippen molar-refractivity contribution in [2.45, 2.75) is 18.9 Å². The van der Waals surface area contributed by atoms with Crippen molar-refractivity contribution in [3.8, 4) is 5.75 Å². The predicted octanol–water partition coefficient (Wildman–Crippen LogP) is 0.877. The zero-order valence-electron chi connectivity index (χ0n) is 9.54. The quantitative estimate of drug-likeness (QED) is 0.732. The first kappa shape index (κ1) is 14.0. The maximum atomic E-state index is 9.19. The van der Waals surface area contributed by atoms with Gasteiger partial charge in [0.25, 0.3) is 10.1 Å². The van der Waals surface area contributed by atoms with Crippen molar-refractivity contribution in [1.29, 1.82) is 0 Å². The van der Waals surface area contributed by atoms with Crippen LogP contribution in [0.5, 0.6) is 5.75 Å². The molecule has 1 aromatic rings. The molecule has 0 bridgehead atoms. The van der Waals surface area contributed by atoms with E-state index in [4.69, 9.17) is 14.4 Å². The first-order valence-electron chi connectivity index (χ1n) is 5.18. The van der Waals surface area contributed by atoms with Crippen LogP contribution >= 0.6 is 0 Å². The Balaban J connectivity index is 0.000000249. The maximum absolute atomic E-state index is 9.19. The Labute approximate surface area is 101 Å². The first-order chi connectivity index (χ1) is 7.90. The number of hydrogen-bond acceptors (Lipinski definition) is 4. The van der Waals surface area contributed by atoms with Gasteiger partial charge in [0.15, 0.2) is 0 Å². The van der Waals surface area contributed by atoms with Gasteiger partial charge >= 0.3 is 0 Å². The molecule has 2 N–H and O–H groups in total. The average Bonchev–Trinajstić information content (AvgIpc) is 2.26. The van der Waals surface area contributed by atoms with Crippen LogP contribution in [0, 0.1) is 0 Å². The van der Waals surface area contributed by atoms with E-state index >= 15 is 0 Å².